The number of benzene rings is 6. The molecule has 0 aromatic heterocycles. The zero-order valence-corrected chi connectivity index (χ0v) is 29.5. The van der Waals surface area contributed by atoms with Crippen molar-refractivity contribution in [1.82, 2.24) is 0 Å². The van der Waals surface area contributed by atoms with Crippen LogP contribution >= 0.6 is 0 Å². The van der Waals surface area contributed by atoms with Gasteiger partial charge in [0, 0.05) is 17.1 Å². The maximum Gasteiger partial charge on any atom is 0.0462 e. The van der Waals surface area contributed by atoms with Crippen molar-refractivity contribution in [2.75, 3.05) is 4.90 Å². The molecule has 0 spiro atoms. The van der Waals surface area contributed by atoms with Gasteiger partial charge in [0.15, 0.2) is 0 Å². The minimum atomic E-state index is 1.12. The number of anilines is 3. The smallest absolute Gasteiger partial charge is 0.0462 e. The summed E-state index contributed by atoms with van der Waals surface area (Å²) in [6.07, 6.45) is 2.29. The second kappa shape index (κ2) is 15.1. The van der Waals surface area contributed by atoms with Crippen molar-refractivity contribution in [1.29, 1.82) is 0 Å². The van der Waals surface area contributed by atoms with Crippen LogP contribution in [0.15, 0.2) is 127 Å². The number of hydrogen-bond acceptors (Lipinski definition) is 1. The van der Waals surface area contributed by atoms with Crippen molar-refractivity contribution in [3.8, 4) is 33.4 Å². The van der Waals surface area contributed by atoms with Crippen LogP contribution in [0, 0.1) is 34.6 Å². The largest absolute Gasteiger partial charge is 0.311 e. The van der Waals surface area contributed by atoms with Gasteiger partial charge in [-0.1, -0.05) is 129 Å². The Morgan fingerprint density at radius 2 is 0.745 bits per heavy atom. The standard InChI is InChI=1S/C44H43N.C2H6/c1-7-8-35-11-26-44(34(6)29-35)38-16-22-41(23-17-38)45(39-18-12-36(13-19-39)42-24-9-30(2)27-32(42)4)40-20-14-37(15-21-40)43-25-10-31(3)28-33(43)5;1-2/h9-29H,7-8H2,1-6H3;1-2H3. The van der Waals surface area contributed by atoms with Gasteiger partial charge in [-0.05, 0) is 133 Å². The van der Waals surface area contributed by atoms with E-state index in [2.05, 4.69) is 174 Å². The van der Waals surface area contributed by atoms with Crippen LogP contribution in [0.5, 0.6) is 0 Å². The molecule has 47 heavy (non-hydrogen) atoms. The number of nitrogens with zero attached hydrogens (tertiary/aromatic N) is 1. The highest BCUT2D eigenvalue weighted by Crippen LogP contribution is 2.38. The third-order valence-corrected chi connectivity index (χ3v) is 8.90. The molecule has 0 fully saturated rings. The Morgan fingerprint density at radius 3 is 1.06 bits per heavy atom. The van der Waals surface area contributed by atoms with Crippen molar-refractivity contribution in [2.24, 2.45) is 0 Å². The van der Waals surface area contributed by atoms with Gasteiger partial charge < -0.3 is 4.90 Å². The van der Waals surface area contributed by atoms with Crippen LogP contribution in [0.4, 0.5) is 17.1 Å². The first-order valence-corrected chi connectivity index (χ1v) is 17.2. The van der Waals surface area contributed by atoms with Gasteiger partial charge in [-0.25, -0.2) is 0 Å². The van der Waals surface area contributed by atoms with E-state index < -0.39 is 0 Å². The molecular weight excluding hydrogens is 567 g/mol. The van der Waals surface area contributed by atoms with Gasteiger partial charge in [-0.2, -0.15) is 0 Å². The Bertz CT molecular complexity index is 1830. The Hall–Kier alpha value is -4.88. The lowest BCUT2D eigenvalue weighted by Gasteiger charge is -2.26. The molecule has 0 atom stereocenters. The van der Waals surface area contributed by atoms with Gasteiger partial charge >= 0.3 is 0 Å². The van der Waals surface area contributed by atoms with E-state index >= 15 is 0 Å². The summed E-state index contributed by atoms with van der Waals surface area (Å²) in [6, 6.07) is 47.3. The van der Waals surface area contributed by atoms with E-state index in [0.717, 1.165) is 23.5 Å². The van der Waals surface area contributed by atoms with E-state index in [-0.39, 0.29) is 0 Å². The zero-order chi connectivity index (χ0) is 33.5. The molecule has 0 amide bonds. The summed E-state index contributed by atoms with van der Waals surface area (Å²) < 4.78 is 0. The molecule has 1 heteroatoms. The summed E-state index contributed by atoms with van der Waals surface area (Å²) in [5, 5.41) is 0. The van der Waals surface area contributed by atoms with Crippen LogP contribution in [-0.4, -0.2) is 0 Å². The first-order valence-electron chi connectivity index (χ1n) is 17.2. The van der Waals surface area contributed by atoms with Gasteiger partial charge in [-0.3, -0.25) is 0 Å². The lowest BCUT2D eigenvalue weighted by Crippen LogP contribution is -2.09. The monoisotopic (exact) mass is 615 g/mol. The molecule has 6 aromatic carbocycles. The Morgan fingerprint density at radius 1 is 0.404 bits per heavy atom. The summed E-state index contributed by atoms with van der Waals surface area (Å²) >= 11 is 0. The van der Waals surface area contributed by atoms with Crippen molar-refractivity contribution in [3.05, 3.63) is 161 Å². The van der Waals surface area contributed by atoms with E-state index in [9.17, 15) is 0 Å². The minimum absolute atomic E-state index is 1.12. The van der Waals surface area contributed by atoms with Gasteiger partial charge in [0.05, 0.1) is 0 Å². The molecule has 6 rings (SSSR count). The average Bonchev–Trinajstić information content (AvgIpc) is 3.07. The van der Waals surface area contributed by atoms with Crippen LogP contribution in [0.25, 0.3) is 33.4 Å². The summed E-state index contributed by atoms with van der Waals surface area (Å²) in [5.74, 6) is 0. The van der Waals surface area contributed by atoms with E-state index in [1.165, 1.54) is 73.2 Å². The van der Waals surface area contributed by atoms with E-state index in [4.69, 9.17) is 0 Å². The summed E-state index contributed by atoms with van der Waals surface area (Å²) in [6.45, 7) is 17.2. The van der Waals surface area contributed by atoms with Crippen molar-refractivity contribution < 1.29 is 0 Å². The van der Waals surface area contributed by atoms with E-state index in [1.54, 1.807) is 0 Å². The highest BCUT2D eigenvalue weighted by Gasteiger charge is 2.15. The van der Waals surface area contributed by atoms with Gasteiger partial charge in [0.2, 0.25) is 0 Å². The number of rotatable bonds is 8. The van der Waals surface area contributed by atoms with Crippen LogP contribution in [0.2, 0.25) is 0 Å². The SMILES string of the molecule is CC.CCCc1ccc(-c2ccc(N(c3ccc(-c4ccc(C)cc4C)cc3)c3ccc(-c4ccc(C)cc4C)cc3)cc2)c(C)c1. The molecule has 238 valence electrons. The highest BCUT2D eigenvalue weighted by atomic mass is 15.1. The lowest BCUT2D eigenvalue weighted by atomic mass is 9.96. The third kappa shape index (κ3) is 7.58. The molecular formula is C46H49N. The molecule has 0 bridgehead atoms. The summed E-state index contributed by atoms with van der Waals surface area (Å²) in [7, 11) is 0. The normalized spacial score (nSPS) is 10.7. The number of hydrogen-bond donors (Lipinski definition) is 0. The lowest BCUT2D eigenvalue weighted by molar-refractivity contribution is 0.920. The fourth-order valence-corrected chi connectivity index (χ4v) is 6.59. The molecule has 0 saturated carbocycles. The molecule has 6 aromatic rings. The first kappa shape index (κ1) is 33.5. The Kier molecular flexibility index (Phi) is 10.8. The molecule has 0 unspecified atom stereocenters. The first-order chi connectivity index (χ1) is 22.8. The molecule has 0 radical (unpaired) electrons. The van der Waals surface area contributed by atoms with Crippen molar-refractivity contribution in [2.45, 2.75) is 68.2 Å². The maximum atomic E-state index is 2.36. The van der Waals surface area contributed by atoms with Gasteiger partial charge in [0.1, 0.15) is 0 Å². The second-order valence-electron chi connectivity index (χ2n) is 12.5. The molecule has 0 aliphatic rings. The van der Waals surface area contributed by atoms with Crippen molar-refractivity contribution >= 4 is 17.1 Å². The maximum absolute atomic E-state index is 2.36. The molecule has 0 aliphatic heterocycles. The molecule has 0 N–H and O–H groups in total. The molecule has 0 heterocycles. The third-order valence-electron chi connectivity index (χ3n) is 8.90. The van der Waals surface area contributed by atoms with Gasteiger partial charge in [-0.15, -0.1) is 0 Å². The summed E-state index contributed by atoms with van der Waals surface area (Å²) in [4.78, 5) is 2.36. The molecule has 1 nitrogen and oxygen atoms in total. The predicted octanol–water partition coefficient (Wildman–Crippen LogP) is 13.7. The van der Waals surface area contributed by atoms with Gasteiger partial charge in [0.25, 0.3) is 0 Å². The number of aryl methyl sites for hydroxylation is 6. The predicted molar refractivity (Wildman–Crippen MR) is 206 cm³/mol. The quantitative estimate of drug-likeness (QED) is 0.165. The van der Waals surface area contributed by atoms with Crippen molar-refractivity contribution in [3.63, 3.8) is 0 Å². The van der Waals surface area contributed by atoms with Crippen LogP contribution in [-0.2, 0) is 6.42 Å². The van der Waals surface area contributed by atoms with Crippen LogP contribution < -0.4 is 4.90 Å². The minimum Gasteiger partial charge on any atom is -0.311 e. The van der Waals surface area contributed by atoms with Crippen LogP contribution in [0.3, 0.4) is 0 Å². The zero-order valence-electron chi connectivity index (χ0n) is 29.5. The topological polar surface area (TPSA) is 3.24 Å². The second-order valence-corrected chi connectivity index (χ2v) is 12.5. The fourth-order valence-electron chi connectivity index (χ4n) is 6.59. The average molecular weight is 616 g/mol. The fraction of sp³-hybridized carbons (Fsp3) is 0.217. The Labute approximate surface area is 283 Å². The van der Waals surface area contributed by atoms with Crippen LogP contribution in [0.1, 0.15) is 60.6 Å². The van der Waals surface area contributed by atoms with E-state index in [0.29, 0.717) is 0 Å². The Balaban J connectivity index is 0.00000213. The molecule has 0 aliphatic carbocycles. The summed E-state index contributed by atoms with van der Waals surface area (Å²) in [5.41, 5.74) is 18.9. The molecule has 0 saturated heterocycles. The van der Waals surface area contributed by atoms with E-state index in [1.807, 2.05) is 13.8 Å². The highest BCUT2D eigenvalue weighted by molar-refractivity contribution is 5.82.